The van der Waals surface area contributed by atoms with Crippen molar-refractivity contribution in [2.75, 3.05) is 53.5 Å². The summed E-state index contributed by atoms with van der Waals surface area (Å²) in [5, 5.41) is 7.08. The van der Waals surface area contributed by atoms with Crippen molar-refractivity contribution in [2.24, 2.45) is 13.5 Å². The molecule has 0 aromatic carbocycles. The Hall–Kier alpha value is 0.450. The quantitative estimate of drug-likeness (QED) is 0.641. The minimum absolute atomic E-state index is 0.682. The van der Waals surface area contributed by atoms with Crippen molar-refractivity contribution in [1.82, 2.24) is 19.5 Å². The van der Waals surface area contributed by atoms with E-state index in [0.717, 1.165) is 39.0 Å². The molecule has 2 N–H and O–H groups in total. The van der Waals surface area contributed by atoms with Gasteiger partial charge in [-0.15, -0.1) is 0 Å². The number of nitrogens with zero attached hydrogens (tertiary/aromatic N) is 5. The molecule has 126 valence electrons. The third kappa shape index (κ3) is 2.52. The maximum absolute atomic E-state index is 6.11. The molecule has 3 saturated heterocycles. The number of hydrogen-bond acceptors (Lipinski definition) is 9. The van der Waals surface area contributed by atoms with Crippen LogP contribution in [0.4, 0.5) is 0 Å². The van der Waals surface area contributed by atoms with E-state index in [4.69, 9.17) is 22.6 Å². The smallest absolute Gasteiger partial charge is 0.282 e. The Kier molecular flexibility index (Phi) is 4.18. The lowest BCUT2D eigenvalue weighted by Crippen LogP contribution is -2.34. The van der Waals surface area contributed by atoms with Crippen LogP contribution in [0.15, 0.2) is 13.5 Å². The summed E-state index contributed by atoms with van der Waals surface area (Å²) in [6.45, 7) is 5.09. The minimum atomic E-state index is -2.37. The summed E-state index contributed by atoms with van der Waals surface area (Å²) in [4.78, 5) is 0. The highest BCUT2D eigenvalue weighted by Gasteiger charge is 2.46. The van der Waals surface area contributed by atoms with Crippen LogP contribution in [-0.2, 0) is 9.05 Å². The van der Waals surface area contributed by atoms with Crippen LogP contribution in [0.25, 0.3) is 0 Å². The lowest BCUT2D eigenvalue weighted by molar-refractivity contribution is 0.309. The minimum Gasteiger partial charge on any atom is -0.316 e. The van der Waals surface area contributed by atoms with E-state index in [1.807, 2.05) is 0 Å². The SMILES string of the molecule is CN1CCCNP12=NP1(=NP3(=N2)OCCN3C)NCCCO1. The molecule has 4 aliphatic rings. The van der Waals surface area contributed by atoms with Gasteiger partial charge in [-0.2, -0.15) is 13.5 Å². The Labute approximate surface area is 131 Å². The maximum Gasteiger partial charge on any atom is 0.282 e. The van der Waals surface area contributed by atoms with E-state index in [9.17, 15) is 0 Å². The molecule has 0 saturated carbocycles. The molecule has 0 aliphatic carbocycles. The fraction of sp³-hybridized carbons (Fsp3) is 1.00. The topological polar surface area (TPSA) is 86.1 Å². The van der Waals surface area contributed by atoms with Gasteiger partial charge in [-0.3, -0.25) is 5.09 Å². The molecule has 0 bridgehead atoms. The predicted octanol–water partition coefficient (Wildman–Crippen LogP) is 2.74. The van der Waals surface area contributed by atoms with Crippen molar-refractivity contribution in [1.29, 1.82) is 0 Å². The lowest BCUT2D eigenvalue weighted by atomic mass is 10.4. The Morgan fingerprint density at radius 3 is 2.41 bits per heavy atom. The molecular weight excluding hydrogens is 343 g/mol. The fourth-order valence-electron chi connectivity index (χ4n) is 2.90. The van der Waals surface area contributed by atoms with Crippen molar-refractivity contribution >= 4 is 22.7 Å². The van der Waals surface area contributed by atoms with Gasteiger partial charge in [0, 0.05) is 26.2 Å². The first kappa shape index (κ1) is 15.9. The molecule has 0 aromatic rings. The normalized spacial score (nSPS) is 46.6. The molecule has 4 rings (SSSR count). The van der Waals surface area contributed by atoms with E-state index < -0.39 is 22.7 Å². The van der Waals surface area contributed by atoms with E-state index >= 15 is 0 Å². The van der Waals surface area contributed by atoms with E-state index in [2.05, 4.69) is 33.6 Å². The van der Waals surface area contributed by atoms with Crippen LogP contribution in [0, 0.1) is 0 Å². The molecule has 3 atom stereocenters. The maximum atomic E-state index is 6.11. The zero-order valence-electron chi connectivity index (χ0n) is 13.1. The highest BCUT2D eigenvalue weighted by Crippen LogP contribution is 2.79. The average molecular weight is 367 g/mol. The first-order valence-corrected chi connectivity index (χ1v) is 12.5. The summed E-state index contributed by atoms with van der Waals surface area (Å²) in [6, 6.07) is 0. The zero-order chi connectivity index (χ0) is 15.3. The second-order valence-electron chi connectivity index (χ2n) is 5.85. The van der Waals surface area contributed by atoms with Crippen LogP contribution in [0.2, 0.25) is 0 Å². The van der Waals surface area contributed by atoms with Gasteiger partial charge >= 0.3 is 0 Å². The van der Waals surface area contributed by atoms with Gasteiger partial charge in [0.1, 0.15) is 0 Å². The molecule has 3 spiro atoms. The molecule has 0 amide bonds. The average Bonchev–Trinajstić information content (AvgIpc) is 2.83. The fourth-order valence-corrected chi connectivity index (χ4v) is 15.1. The van der Waals surface area contributed by atoms with Crippen LogP contribution < -0.4 is 10.2 Å². The summed E-state index contributed by atoms with van der Waals surface area (Å²) in [5.41, 5.74) is 0. The molecule has 12 heteroatoms. The van der Waals surface area contributed by atoms with E-state index in [1.165, 1.54) is 0 Å². The number of hydrogen-bond donors (Lipinski definition) is 2. The van der Waals surface area contributed by atoms with Crippen molar-refractivity contribution in [2.45, 2.75) is 12.8 Å². The van der Waals surface area contributed by atoms with E-state index in [1.54, 1.807) is 0 Å². The lowest BCUT2D eigenvalue weighted by Gasteiger charge is -2.42. The number of nitrogens with one attached hydrogen (secondary N) is 2. The second kappa shape index (κ2) is 5.76. The summed E-state index contributed by atoms with van der Waals surface area (Å²) in [6.07, 6.45) is 2.11. The zero-order valence-corrected chi connectivity index (χ0v) is 15.7. The third-order valence-electron chi connectivity index (χ3n) is 4.22. The van der Waals surface area contributed by atoms with Gasteiger partial charge < -0.3 is 9.05 Å². The molecular formula is C10H24N7O2P3. The van der Waals surface area contributed by atoms with E-state index in [0.29, 0.717) is 13.2 Å². The van der Waals surface area contributed by atoms with Gasteiger partial charge in [-0.1, -0.05) is 0 Å². The van der Waals surface area contributed by atoms with Gasteiger partial charge in [-0.25, -0.2) is 14.4 Å². The Bertz CT molecular complexity index is 626. The highest BCUT2D eigenvalue weighted by molar-refractivity contribution is 7.81. The Morgan fingerprint density at radius 2 is 1.73 bits per heavy atom. The van der Waals surface area contributed by atoms with Gasteiger partial charge in [0.15, 0.2) is 0 Å². The number of likely N-dealkylation sites (N-methyl/N-ethyl adjacent to an activating group) is 1. The van der Waals surface area contributed by atoms with Gasteiger partial charge in [-0.05, 0) is 26.9 Å². The summed E-state index contributed by atoms with van der Waals surface area (Å²) in [7, 11) is -2.73. The monoisotopic (exact) mass is 367 g/mol. The van der Waals surface area contributed by atoms with Gasteiger partial charge in [0.2, 0.25) is 7.51 Å². The van der Waals surface area contributed by atoms with Crippen molar-refractivity contribution < 1.29 is 9.05 Å². The molecule has 22 heavy (non-hydrogen) atoms. The van der Waals surface area contributed by atoms with E-state index in [-0.39, 0.29) is 0 Å². The largest absolute Gasteiger partial charge is 0.316 e. The van der Waals surface area contributed by atoms with Crippen LogP contribution in [-0.4, -0.2) is 62.8 Å². The first-order valence-electron chi connectivity index (χ1n) is 7.72. The van der Waals surface area contributed by atoms with Crippen LogP contribution in [0.1, 0.15) is 12.8 Å². The molecule has 3 unspecified atom stereocenters. The second-order valence-corrected chi connectivity index (χ2v) is 13.8. The van der Waals surface area contributed by atoms with Crippen molar-refractivity contribution in [3.05, 3.63) is 0 Å². The third-order valence-corrected chi connectivity index (χ3v) is 14.6. The van der Waals surface area contributed by atoms with Crippen LogP contribution in [0.3, 0.4) is 0 Å². The molecule has 9 nitrogen and oxygen atoms in total. The summed E-state index contributed by atoms with van der Waals surface area (Å²) in [5.74, 6) is 0. The first-order chi connectivity index (χ1) is 10.6. The Balaban J connectivity index is 1.92. The summed E-state index contributed by atoms with van der Waals surface area (Å²) < 4.78 is 31.9. The Morgan fingerprint density at radius 1 is 0.864 bits per heavy atom. The standard InChI is InChI=1S/C10H24N7O2P3/c1-16-7-3-5-11-20(16)13-21(12-6-4-9-18-21)15-22(14-20)17(2)8-10-19-22/h11-12H,3-10H2,1-2H3. The molecule has 4 heterocycles. The number of rotatable bonds is 0. The summed E-state index contributed by atoms with van der Waals surface area (Å²) >= 11 is 0. The predicted molar refractivity (Wildman–Crippen MR) is 90.4 cm³/mol. The molecule has 4 aliphatic heterocycles. The van der Waals surface area contributed by atoms with Gasteiger partial charge in [0.05, 0.1) is 13.2 Å². The van der Waals surface area contributed by atoms with Crippen molar-refractivity contribution in [3.8, 4) is 0 Å². The van der Waals surface area contributed by atoms with Gasteiger partial charge in [0.25, 0.3) is 15.2 Å². The van der Waals surface area contributed by atoms with Crippen molar-refractivity contribution in [3.63, 3.8) is 0 Å². The van der Waals surface area contributed by atoms with Crippen LogP contribution >= 0.6 is 22.7 Å². The molecule has 0 radical (unpaired) electrons. The van der Waals surface area contributed by atoms with Crippen LogP contribution in [0.5, 0.6) is 0 Å². The molecule has 3 fully saturated rings. The highest BCUT2D eigenvalue weighted by atomic mass is 31.3. The molecule has 0 aromatic heterocycles.